The molecule has 0 atom stereocenters. The van der Waals surface area contributed by atoms with Crippen molar-refractivity contribution in [3.05, 3.63) is 46.3 Å². The SMILES string of the molecule is COCCCN1C2=C(C(=O)CCC2)C(c2ccc(OC(C)C)c(OC)c2)C2=C1CCCC2=O. The number of allylic oxidation sites excluding steroid dienone is 4. The predicted octanol–water partition coefficient (Wildman–Crippen LogP) is 4.93. The first kappa shape index (κ1) is 23.6. The van der Waals surface area contributed by atoms with Crippen LogP contribution in [0.25, 0.3) is 0 Å². The van der Waals surface area contributed by atoms with Crippen molar-refractivity contribution in [3.63, 3.8) is 0 Å². The van der Waals surface area contributed by atoms with Gasteiger partial charge in [0.05, 0.1) is 13.2 Å². The van der Waals surface area contributed by atoms with Crippen LogP contribution in [0.5, 0.6) is 11.5 Å². The molecule has 0 aromatic heterocycles. The summed E-state index contributed by atoms with van der Waals surface area (Å²) in [6.45, 7) is 5.37. The van der Waals surface area contributed by atoms with E-state index in [2.05, 4.69) is 4.90 Å². The molecule has 0 saturated carbocycles. The third-order valence-electron chi connectivity index (χ3n) is 6.70. The van der Waals surface area contributed by atoms with E-state index in [0.717, 1.165) is 66.8 Å². The lowest BCUT2D eigenvalue weighted by Crippen LogP contribution is -2.39. The van der Waals surface area contributed by atoms with Crippen LogP contribution in [0.15, 0.2) is 40.7 Å². The van der Waals surface area contributed by atoms with E-state index in [1.807, 2.05) is 32.0 Å². The van der Waals surface area contributed by atoms with Crippen molar-refractivity contribution in [1.82, 2.24) is 4.90 Å². The Hall–Kier alpha value is -2.60. The molecule has 1 heterocycles. The van der Waals surface area contributed by atoms with Crippen molar-refractivity contribution < 1.29 is 23.8 Å². The van der Waals surface area contributed by atoms with Gasteiger partial charge < -0.3 is 19.1 Å². The van der Waals surface area contributed by atoms with Crippen LogP contribution in [0.4, 0.5) is 0 Å². The van der Waals surface area contributed by atoms with Crippen molar-refractivity contribution in [1.29, 1.82) is 0 Å². The molecule has 0 radical (unpaired) electrons. The van der Waals surface area contributed by atoms with Crippen LogP contribution in [-0.2, 0) is 14.3 Å². The number of methoxy groups -OCH3 is 2. The van der Waals surface area contributed by atoms with Crippen molar-refractivity contribution in [3.8, 4) is 11.5 Å². The van der Waals surface area contributed by atoms with Gasteiger partial charge in [-0.1, -0.05) is 6.07 Å². The highest BCUT2D eigenvalue weighted by Gasteiger charge is 2.43. The Morgan fingerprint density at radius 2 is 1.58 bits per heavy atom. The maximum atomic E-state index is 13.3. The molecule has 0 amide bonds. The third kappa shape index (κ3) is 4.58. The molecule has 0 saturated heterocycles. The van der Waals surface area contributed by atoms with Gasteiger partial charge in [-0.25, -0.2) is 0 Å². The maximum absolute atomic E-state index is 13.3. The van der Waals surface area contributed by atoms with Gasteiger partial charge in [-0.05, 0) is 63.6 Å². The Morgan fingerprint density at radius 1 is 0.939 bits per heavy atom. The summed E-state index contributed by atoms with van der Waals surface area (Å²) in [5, 5.41) is 0. The van der Waals surface area contributed by atoms with Crippen LogP contribution < -0.4 is 9.47 Å². The second-order valence-corrected chi connectivity index (χ2v) is 9.28. The van der Waals surface area contributed by atoms with Gasteiger partial charge in [-0.3, -0.25) is 9.59 Å². The van der Waals surface area contributed by atoms with Crippen LogP contribution in [0.2, 0.25) is 0 Å². The number of hydrogen-bond donors (Lipinski definition) is 0. The standard InChI is InChI=1S/C27H35NO5/c1-17(2)33-23-13-12-18(16-24(23)32-4)25-26-19(8-5-10-21(26)29)28(14-7-15-31-3)20-9-6-11-22(30)27(20)25/h12-13,16-17,25H,5-11,14-15H2,1-4H3. The van der Waals surface area contributed by atoms with Gasteiger partial charge in [0.1, 0.15) is 0 Å². The van der Waals surface area contributed by atoms with E-state index < -0.39 is 0 Å². The number of benzene rings is 1. The first-order valence-corrected chi connectivity index (χ1v) is 12.1. The van der Waals surface area contributed by atoms with Crippen molar-refractivity contribution in [2.24, 2.45) is 0 Å². The summed E-state index contributed by atoms with van der Waals surface area (Å²) in [7, 11) is 3.33. The Bertz CT molecular complexity index is 946. The van der Waals surface area contributed by atoms with Crippen LogP contribution in [0, 0.1) is 0 Å². The lowest BCUT2D eigenvalue weighted by Gasteiger charge is -2.44. The van der Waals surface area contributed by atoms with Gasteiger partial charge in [0, 0.05) is 61.6 Å². The normalized spacial score (nSPS) is 19.2. The van der Waals surface area contributed by atoms with Gasteiger partial charge >= 0.3 is 0 Å². The maximum Gasteiger partial charge on any atom is 0.161 e. The molecule has 1 aliphatic heterocycles. The minimum atomic E-state index is -0.337. The van der Waals surface area contributed by atoms with Gasteiger partial charge in [-0.2, -0.15) is 0 Å². The summed E-state index contributed by atoms with van der Waals surface area (Å²) >= 11 is 0. The second kappa shape index (κ2) is 10.1. The molecular weight excluding hydrogens is 418 g/mol. The zero-order valence-corrected chi connectivity index (χ0v) is 20.2. The first-order chi connectivity index (χ1) is 16.0. The van der Waals surface area contributed by atoms with Gasteiger partial charge in [-0.15, -0.1) is 0 Å². The number of ketones is 2. The molecule has 0 bridgehead atoms. The fourth-order valence-corrected chi connectivity index (χ4v) is 5.40. The Labute approximate surface area is 196 Å². The molecule has 6 nitrogen and oxygen atoms in total. The molecule has 6 heteroatoms. The summed E-state index contributed by atoms with van der Waals surface area (Å²) in [5.41, 5.74) is 4.72. The van der Waals surface area contributed by atoms with Crippen molar-refractivity contribution in [2.45, 2.75) is 70.8 Å². The van der Waals surface area contributed by atoms with Crippen molar-refractivity contribution in [2.75, 3.05) is 27.4 Å². The number of rotatable bonds is 8. The summed E-state index contributed by atoms with van der Waals surface area (Å²) in [6, 6.07) is 5.84. The fraction of sp³-hybridized carbons (Fsp3) is 0.556. The number of ether oxygens (including phenoxy) is 3. The molecule has 33 heavy (non-hydrogen) atoms. The van der Waals surface area contributed by atoms with Gasteiger partial charge in [0.15, 0.2) is 23.1 Å². The number of hydrogen-bond acceptors (Lipinski definition) is 6. The van der Waals surface area contributed by atoms with E-state index in [0.29, 0.717) is 30.9 Å². The highest BCUT2D eigenvalue weighted by Crippen LogP contribution is 2.50. The molecule has 0 N–H and O–H groups in total. The number of carbonyl (C=O) groups excluding carboxylic acids is 2. The number of Topliss-reactive ketones (excluding diaryl/α,β-unsaturated/α-hetero) is 2. The number of carbonyl (C=O) groups is 2. The molecule has 1 aromatic rings. The molecule has 2 aliphatic carbocycles. The lowest BCUT2D eigenvalue weighted by atomic mass is 9.71. The first-order valence-electron chi connectivity index (χ1n) is 12.1. The van der Waals surface area contributed by atoms with E-state index in [9.17, 15) is 9.59 Å². The second-order valence-electron chi connectivity index (χ2n) is 9.28. The molecule has 1 aromatic carbocycles. The van der Waals surface area contributed by atoms with Crippen LogP contribution in [-0.4, -0.2) is 49.9 Å². The molecule has 3 aliphatic rings. The lowest BCUT2D eigenvalue weighted by molar-refractivity contribution is -0.117. The van der Waals surface area contributed by atoms with Crippen LogP contribution >= 0.6 is 0 Å². The zero-order valence-electron chi connectivity index (χ0n) is 20.2. The Balaban J connectivity index is 1.85. The molecular formula is C27H35NO5. The summed E-state index contributed by atoms with van der Waals surface area (Å²) < 4.78 is 16.8. The average molecular weight is 454 g/mol. The minimum absolute atomic E-state index is 0.0172. The topological polar surface area (TPSA) is 65.1 Å². The van der Waals surface area contributed by atoms with Crippen molar-refractivity contribution >= 4 is 11.6 Å². The van der Waals surface area contributed by atoms with Crippen LogP contribution in [0.3, 0.4) is 0 Å². The molecule has 178 valence electrons. The van der Waals surface area contributed by atoms with Crippen LogP contribution in [0.1, 0.15) is 70.3 Å². The van der Waals surface area contributed by atoms with E-state index in [1.165, 1.54) is 0 Å². The van der Waals surface area contributed by atoms with E-state index in [-0.39, 0.29) is 23.6 Å². The van der Waals surface area contributed by atoms with E-state index in [1.54, 1.807) is 14.2 Å². The molecule has 4 rings (SSSR count). The Kier molecular flexibility index (Phi) is 7.23. The Morgan fingerprint density at radius 3 is 2.12 bits per heavy atom. The fourth-order valence-electron chi connectivity index (χ4n) is 5.40. The highest BCUT2D eigenvalue weighted by atomic mass is 16.5. The quantitative estimate of drug-likeness (QED) is 0.520. The van der Waals surface area contributed by atoms with Gasteiger partial charge in [0.25, 0.3) is 0 Å². The third-order valence-corrected chi connectivity index (χ3v) is 6.70. The highest BCUT2D eigenvalue weighted by molar-refractivity contribution is 6.06. The predicted molar refractivity (Wildman–Crippen MR) is 126 cm³/mol. The zero-order chi connectivity index (χ0) is 23.5. The summed E-state index contributed by atoms with van der Waals surface area (Å²) in [6.07, 6.45) is 5.36. The van der Waals surface area contributed by atoms with Gasteiger partial charge in [0.2, 0.25) is 0 Å². The molecule has 0 unspecified atom stereocenters. The summed E-state index contributed by atoms with van der Waals surface area (Å²) in [5.74, 6) is 1.27. The minimum Gasteiger partial charge on any atom is -0.493 e. The largest absolute Gasteiger partial charge is 0.493 e. The van der Waals surface area contributed by atoms with E-state index in [4.69, 9.17) is 14.2 Å². The smallest absolute Gasteiger partial charge is 0.161 e. The van der Waals surface area contributed by atoms with E-state index >= 15 is 0 Å². The molecule has 0 fully saturated rings. The monoisotopic (exact) mass is 453 g/mol. The summed E-state index contributed by atoms with van der Waals surface area (Å²) in [4.78, 5) is 29.0. The number of nitrogens with zero attached hydrogens (tertiary/aromatic N) is 1. The average Bonchev–Trinajstić information content (AvgIpc) is 2.79. The molecule has 0 spiro atoms.